The summed E-state index contributed by atoms with van der Waals surface area (Å²) in [5.74, 6) is 1.15. The standard InChI is InChI=1S/C22H26N4O2.HI/c23-22(25-18-10-5-8-16-7-1-2-9-17(16)18)24-13-6-14-26-19-11-3-4-12-20(19)28-15-21(26)27;/h3-5,8,10-12H,1-2,6-7,9,13-15H2,(H3,23,24,25);1H. The number of rotatable bonds is 5. The quantitative estimate of drug-likeness (QED) is 0.281. The molecule has 2 aromatic rings. The van der Waals surface area contributed by atoms with E-state index in [0.717, 1.165) is 36.4 Å². The molecule has 0 saturated carbocycles. The number of guanidine groups is 1. The number of para-hydroxylation sites is 2. The van der Waals surface area contributed by atoms with Crippen LogP contribution in [0.2, 0.25) is 0 Å². The molecule has 0 spiro atoms. The van der Waals surface area contributed by atoms with Crippen molar-refractivity contribution in [1.82, 2.24) is 0 Å². The Labute approximate surface area is 188 Å². The number of aryl methyl sites for hydroxylation is 1. The van der Waals surface area contributed by atoms with E-state index in [1.54, 1.807) is 4.90 Å². The molecule has 0 fully saturated rings. The summed E-state index contributed by atoms with van der Waals surface area (Å²) in [5, 5.41) is 3.26. The van der Waals surface area contributed by atoms with Crippen molar-refractivity contribution in [1.29, 1.82) is 0 Å². The number of carbonyl (C=O) groups is 1. The third-order valence-corrected chi connectivity index (χ3v) is 5.29. The monoisotopic (exact) mass is 506 g/mol. The maximum absolute atomic E-state index is 12.2. The summed E-state index contributed by atoms with van der Waals surface area (Å²) in [4.78, 5) is 18.4. The van der Waals surface area contributed by atoms with E-state index in [1.807, 2.05) is 24.3 Å². The van der Waals surface area contributed by atoms with E-state index in [4.69, 9.17) is 10.5 Å². The lowest BCUT2D eigenvalue weighted by atomic mass is 9.90. The average molecular weight is 506 g/mol. The number of hydrogen-bond acceptors (Lipinski definition) is 3. The number of nitrogens with one attached hydrogen (secondary N) is 1. The van der Waals surface area contributed by atoms with Crippen LogP contribution in [0.3, 0.4) is 0 Å². The van der Waals surface area contributed by atoms with Gasteiger partial charge in [0.1, 0.15) is 5.75 Å². The summed E-state index contributed by atoms with van der Waals surface area (Å²) in [6, 6.07) is 13.9. The van der Waals surface area contributed by atoms with Gasteiger partial charge in [-0.15, -0.1) is 24.0 Å². The Morgan fingerprint density at radius 3 is 2.86 bits per heavy atom. The van der Waals surface area contributed by atoms with E-state index in [2.05, 4.69) is 28.5 Å². The highest BCUT2D eigenvalue weighted by Gasteiger charge is 2.24. The Balaban J connectivity index is 0.00000240. The second-order valence-corrected chi connectivity index (χ2v) is 7.20. The van der Waals surface area contributed by atoms with E-state index in [0.29, 0.717) is 19.0 Å². The van der Waals surface area contributed by atoms with Crippen LogP contribution in [0.5, 0.6) is 5.75 Å². The predicted molar refractivity (Wildman–Crippen MR) is 128 cm³/mol. The van der Waals surface area contributed by atoms with Gasteiger partial charge in [-0.05, 0) is 61.4 Å². The van der Waals surface area contributed by atoms with Gasteiger partial charge < -0.3 is 20.7 Å². The third-order valence-electron chi connectivity index (χ3n) is 5.29. The van der Waals surface area contributed by atoms with Crippen LogP contribution >= 0.6 is 24.0 Å². The summed E-state index contributed by atoms with van der Waals surface area (Å²) in [6.45, 7) is 1.24. The highest BCUT2D eigenvalue weighted by Crippen LogP contribution is 2.31. The van der Waals surface area contributed by atoms with Gasteiger partial charge in [0.15, 0.2) is 12.6 Å². The summed E-state index contributed by atoms with van der Waals surface area (Å²) < 4.78 is 5.47. The van der Waals surface area contributed by atoms with Crippen molar-refractivity contribution in [2.24, 2.45) is 10.7 Å². The van der Waals surface area contributed by atoms with Crippen molar-refractivity contribution in [3.63, 3.8) is 0 Å². The summed E-state index contributed by atoms with van der Waals surface area (Å²) in [5.41, 5.74) is 10.8. The Bertz CT molecular complexity index is 900. The van der Waals surface area contributed by atoms with E-state index in [1.165, 1.54) is 24.0 Å². The summed E-state index contributed by atoms with van der Waals surface area (Å²) in [6.07, 6.45) is 5.43. The van der Waals surface area contributed by atoms with Crippen LogP contribution < -0.4 is 20.7 Å². The lowest BCUT2D eigenvalue weighted by Crippen LogP contribution is -2.39. The van der Waals surface area contributed by atoms with Crippen LogP contribution in [-0.2, 0) is 17.6 Å². The number of aliphatic imine (C=N–C) groups is 1. The van der Waals surface area contributed by atoms with E-state index in [-0.39, 0.29) is 36.5 Å². The Hall–Kier alpha value is -2.29. The van der Waals surface area contributed by atoms with Crippen LogP contribution in [0, 0.1) is 0 Å². The Kier molecular flexibility index (Phi) is 7.35. The molecule has 3 N–H and O–H groups in total. The molecule has 4 rings (SSSR count). The number of nitrogens with two attached hydrogens (primary N) is 1. The first-order valence-electron chi connectivity index (χ1n) is 9.92. The number of anilines is 2. The van der Waals surface area contributed by atoms with Crippen LogP contribution in [0.1, 0.15) is 30.4 Å². The van der Waals surface area contributed by atoms with Gasteiger partial charge in [0, 0.05) is 18.8 Å². The SMILES string of the molecule is I.NC(=NCCCN1C(=O)COc2ccccc21)Nc1cccc2c1CCCC2. The minimum absolute atomic E-state index is 0. The molecule has 6 nitrogen and oxygen atoms in total. The van der Waals surface area contributed by atoms with E-state index < -0.39 is 0 Å². The molecule has 0 aromatic heterocycles. The minimum Gasteiger partial charge on any atom is -0.482 e. The van der Waals surface area contributed by atoms with Crippen molar-refractivity contribution in [3.05, 3.63) is 53.6 Å². The minimum atomic E-state index is -0.0234. The third kappa shape index (κ3) is 5.01. The molecule has 2 aliphatic rings. The number of carbonyl (C=O) groups excluding carboxylic acids is 1. The van der Waals surface area contributed by atoms with Crippen molar-refractivity contribution >= 4 is 47.2 Å². The molecular formula is C22H27IN4O2. The molecule has 0 saturated heterocycles. The zero-order chi connectivity index (χ0) is 19.3. The fourth-order valence-corrected chi connectivity index (χ4v) is 3.90. The normalized spacial score (nSPS) is 15.7. The van der Waals surface area contributed by atoms with Gasteiger partial charge in [-0.3, -0.25) is 9.79 Å². The topological polar surface area (TPSA) is 80.0 Å². The molecule has 1 amide bonds. The number of ether oxygens (including phenoxy) is 1. The summed E-state index contributed by atoms with van der Waals surface area (Å²) in [7, 11) is 0. The van der Waals surface area contributed by atoms with Crippen molar-refractivity contribution in [2.75, 3.05) is 29.9 Å². The van der Waals surface area contributed by atoms with Gasteiger partial charge >= 0.3 is 0 Å². The molecular weight excluding hydrogens is 479 g/mol. The molecule has 154 valence electrons. The largest absolute Gasteiger partial charge is 0.482 e. The second-order valence-electron chi connectivity index (χ2n) is 7.20. The molecule has 0 atom stereocenters. The molecule has 2 aromatic carbocycles. The first kappa shape index (κ1) is 21.4. The van der Waals surface area contributed by atoms with E-state index in [9.17, 15) is 4.79 Å². The van der Waals surface area contributed by atoms with Gasteiger partial charge in [-0.25, -0.2) is 0 Å². The Morgan fingerprint density at radius 1 is 1.14 bits per heavy atom. The zero-order valence-corrected chi connectivity index (χ0v) is 18.7. The Morgan fingerprint density at radius 2 is 1.97 bits per heavy atom. The molecule has 29 heavy (non-hydrogen) atoms. The van der Waals surface area contributed by atoms with Crippen LogP contribution in [0.25, 0.3) is 0 Å². The predicted octanol–water partition coefficient (Wildman–Crippen LogP) is 3.73. The molecule has 7 heteroatoms. The number of halogens is 1. The molecule has 1 aliphatic heterocycles. The van der Waals surface area contributed by atoms with Gasteiger partial charge in [-0.2, -0.15) is 0 Å². The average Bonchev–Trinajstić information content (AvgIpc) is 2.73. The molecule has 0 bridgehead atoms. The highest BCUT2D eigenvalue weighted by molar-refractivity contribution is 14.0. The van der Waals surface area contributed by atoms with Crippen LogP contribution in [0.15, 0.2) is 47.5 Å². The van der Waals surface area contributed by atoms with Gasteiger partial charge in [0.25, 0.3) is 5.91 Å². The second kappa shape index (κ2) is 9.96. The highest BCUT2D eigenvalue weighted by atomic mass is 127. The lowest BCUT2D eigenvalue weighted by molar-refractivity contribution is -0.121. The number of fused-ring (bicyclic) bond motifs is 2. The van der Waals surface area contributed by atoms with Crippen molar-refractivity contribution in [3.8, 4) is 5.75 Å². The van der Waals surface area contributed by atoms with Crippen LogP contribution in [-0.4, -0.2) is 31.6 Å². The first-order valence-corrected chi connectivity index (χ1v) is 9.92. The maximum Gasteiger partial charge on any atom is 0.265 e. The van der Waals surface area contributed by atoms with E-state index >= 15 is 0 Å². The number of hydrogen-bond donors (Lipinski definition) is 2. The molecule has 0 unspecified atom stereocenters. The lowest BCUT2D eigenvalue weighted by Gasteiger charge is -2.29. The molecule has 0 radical (unpaired) electrons. The number of amides is 1. The number of nitrogens with zero attached hydrogens (tertiary/aromatic N) is 2. The van der Waals surface area contributed by atoms with Gasteiger partial charge in [-0.1, -0.05) is 24.3 Å². The van der Waals surface area contributed by atoms with Crippen molar-refractivity contribution < 1.29 is 9.53 Å². The van der Waals surface area contributed by atoms with Gasteiger partial charge in [0.05, 0.1) is 5.69 Å². The maximum atomic E-state index is 12.2. The molecule has 1 heterocycles. The summed E-state index contributed by atoms with van der Waals surface area (Å²) >= 11 is 0. The molecule has 1 aliphatic carbocycles. The zero-order valence-electron chi connectivity index (χ0n) is 16.4. The van der Waals surface area contributed by atoms with Crippen LogP contribution in [0.4, 0.5) is 11.4 Å². The fourth-order valence-electron chi connectivity index (χ4n) is 3.90. The number of benzene rings is 2. The fraction of sp³-hybridized carbons (Fsp3) is 0.364. The van der Waals surface area contributed by atoms with Crippen molar-refractivity contribution in [2.45, 2.75) is 32.1 Å². The van der Waals surface area contributed by atoms with Gasteiger partial charge in [0.2, 0.25) is 0 Å². The smallest absolute Gasteiger partial charge is 0.265 e. The first-order chi connectivity index (χ1) is 13.7.